The highest BCUT2D eigenvalue weighted by Gasteiger charge is 2.01. The van der Waals surface area contributed by atoms with Gasteiger partial charge in [-0.25, -0.2) is 9.97 Å². The van der Waals surface area contributed by atoms with Crippen LogP contribution in [-0.2, 0) is 13.0 Å². The quantitative estimate of drug-likeness (QED) is 0.706. The van der Waals surface area contributed by atoms with Crippen LogP contribution in [0.1, 0.15) is 17.2 Å². The molecule has 0 aromatic carbocycles. The van der Waals surface area contributed by atoms with E-state index in [4.69, 9.17) is 5.11 Å². The molecule has 6 nitrogen and oxygen atoms in total. The molecule has 0 aliphatic carbocycles. The minimum Gasteiger partial charge on any atom is -0.388 e. The molecule has 0 radical (unpaired) electrons. The first kappa shape index (κ1) is 11.5. The van der Waals surface area contributed by atoms with Crippen molar-refractivity contribution < 1.29 is 5.11 Å². The van der Waals surface area contributed by atoms with Crippen LogP contribution < -0.4 is 5.32 Å². The van der Waals surface area contributed by atoms with Gasteiger partial charge in [-0.05, 0) is 13.0 Å². The third kappa shape index (κ3) is 3.25. The van der Waals surface area contributed by atoms with E-state index in [-0.39, 0.29) is 6.61 Å². The van der Waals surface area contributed by atoms with E-state index in [0.717, 1.165) is 30.2 Å². The highest BCUT2D eigenvalue weighted by molar-refractivity contribution is 5.35. The lowest BCUT2D eigenvalue weighted by atomic mass is 10.3. The molecule has 0 spiro atoms. The van der Waals surface area contributed by atoms with Gasteiger partial charge in [-0.1, -0.05) is 0 Å². The van der Waals surface area contributed by atoms with Crippen molar-refractivity contribution in [3.8, 4) is 0 Å². The number of aliphatic hydroxyl groups excluding tert-OH is 1. The van der Waals surface area contributed by atoms with E-state index in [1.165, 1.54) is 0 Å². The van der Waals surface area contributed by atoms with Crippen LogP contribution in [0.3, 0.4) is 0 Å². The summed E-state index contributed by atoms with van der Waals surface area (Å²) in [6.07, 6.45) is 2.57. The summed E-state index contributed by atoms with van der Waals surface area (Å²) in [5, 5.41) is 19.0. The van der Waals surface area contributed by atoms with Crippen LogP contribution in [0.4, 0.5) is 5.82 Å². The normalized spacial score (nSPS) is 10.5. The highest BCUT2D eigenvalue weighted by atomic mass is 16.3. The largest absolute Gasteiger partial charge is 0.388 e. The number of aromatic amines is 1. The average molecular weight is 233 g/mol. The number of hydrogen-bond donors (Lipinski definition) is 3. The van der Waals surface area contributed by atoms with Crippen molar-refractivity contribution in [1.29, 1.82) is 0 Å². The number of nitrogens with zero attached hydrogens (tertiary/aromatic N) is 3. The van der Waals surface area contributed by atoms with E-state index in [9.17, 15) is 0 Å². The van der Waals surface area contributed by atoms with E-state index in [2.05, 4.69) is 25.5 Å². The number of rotatable bonds is 5. The summed E-state index contributed by atoms with van der Waals surface area (Å²) in [6, 6.07) is 3.79. The summed E-state index contributed by atoms with van der Waals surface area (Å²) in [4.78, 5) is 8.27. The van der Waals surface area contributed by atoms with Gasteiger partial charge in [-0.3, -0.25) is 5.10 Å². The molecule has 0 aliphatic heterocycles. The molecule has 0 saturated heterocycles. The molecule has 0 aliphatic rings. The monoisotopic (exact) mass is 233 g/mol. The SMILES string of the molecule is Cc1cc(NCCc2ccn[nH]2)nc(CO)n1. The zero-order chi connectivity index (χ0) is 12.1. The van der Waals surface area contributed by atoms with Gasteiger partial charge in [0.15, 0.2) is 5.82 Å². The number of aryl methyl sites for hydroxylation is 1. The molecular formula is C11H15N5O. The first-order valence-corrected chi connectivity index (χ1v) is 5.45. The lowest BCUT2D eigenvalue weighted by Crippen LogP contribution is -2.09. The Bertz CT molecular complexity index is 469. The molecule has 2 aromatic heterocycles. The van der Waals surface area contributed by atoms with Crippen molar-refractivity contribution in [3.63, 3.8) is 0 Å². The molecule has 0 atom stereocenters. The number of anilines is 1. The Hall–Kier alpha value is -1.95. The van der Waals surface area contributed by atoms with E-state index < -0.39 is 0 Å². The van der Waals surface area contributed by atoms with Crippen molar-refractivity contribution in [2.45, 2.75) is 20.0 Å². The summed E-state index contributed by atoms with van der Waals surface area (Å²) in [5.74, 6) is 1.18. The summed E-state index contributed by atoms with van der Waals surface area (Å²) in [6.45, 7) is 2.49. The van der Waals surface area contributed by atoms with Gasteiger partial charge in [-0.15, -0.1) is 0 Å². The zero-order valence-corrected chi connectivity index (χ0v) is 9.64. The summed E-state index contributed by atoms with van der Waals surface area (Å²) < 4.78 is 0. The van der Waals surface area contributed by atoms with Crippen LogP contribution in [0.2, 0.25) is 0 Å². The molecule has 0 bridgehead atoms. The smallest absolute Gasteiger partial charge is 0.156 e. The van der Waals surface area contributed by atoms with Crippen molar-refractivity contribution >= 4 is 5.82 Å². The van der Waals surface area contributed by atoms with E-state index in [1.807, 2.05) is 19.1 Å². The highest BCUT2D eigenvalue weighted by Crippen LogP contribution is 2.06. The van der Waals surface area contributed by atoms with Crippen LogP contribution in [0.5, 0.6) is 0 Å². The molecule has 90 valence electrons. The Kier molecular flexibility index (Phi) is 3.66. The molecule has 3 N–H and O–H groups in total. The first-order chi connectivity index (χ1) is 8.28. The fourth-order valence-electron chi connectivity index (χ4n) is 1.54. The van der Waals surface area contributed by atoms with Gasteiger partial charge in [-0.2, -0.15) is 5.10 Å². The third-order valence-corrected chi connectivity index (χ3v) is 2.30. The van der Waals surface area contributed by atoms with Gasteiger partial charge in [0.25, 0.3) is 0 Å². The lowest BCUT2D eigenvalue weighted by Gasteiger charge is -2.06. The number of aliphatic hydroxyl groups is 1. The van der Waals surface area contributed by atoms with Gasteiger partial charge < -0.3 is 10.4 Å². The number of hydrogen-bond acceptors (Lipinski definition) is 5. The van der Waals surface area contributed by atoms with Crippen LogP contribution >= 0.6 is 0 Å². The molecule has 0 saturated carbocycles. The maximum Gasteiger partial charge on any atom is 0.156 e. The van der Waals surface area contributed by atoms with Gasteiger partial charge in [0.05, 0.1) is 0 Å². The maximum absolute atomic E-state index is 9.00. The molecule has 2 aromatic rings. The van der Waals surface area contributed by atoms with Crippen molar-refractivity contribution in [2.24, 2.45) is 0 Å². The van der Waals surface area contributed by atoms with Crippen molar-refractivity contribution in [1.82, 2.24) is 20.2 Å². The van der Waals surface area contributed by atoms with Gasteiger partial charge in [0.2, 0.25) is 0 Å². The minimum absolute atomic E-state index is 0.142. The summed E-state index contributed by atoms with van der Waals surface area (Å²) in [7, 11) is 0. The van der Waals surface area contributed by atoms with Crippen LogP contribution in [0, 0.1) is 6.92 Å². The third-order valence-electron chi connectivity index (χ3n) is 2.30. The van der Waals surface area contributed by atoms with E-state index in [0.29, 0.717) is 5.82 Å². The van der Waals surface area contributed by atoms with Crippen molar-refractivity contribution in [2.75, 3.05) is 11.9 Å². The van der Waals surface area contributed by atoms with Crippen LogP contribution in [0.25, 0.3) is 0 Å². The second-order valence-electron chi connectivity index (χ2n) is 3.73. The van der Waals surface area contributed by atoms with Crippen molar-refractivity contribution in [3.05, 3.63) is 35.5 Å². The first-order valence-electron chi connectivity index (χ1n) is 5.45. The Balaban J connectivity index is 1.92. The van der Waals surface area contributed by atoms with E-state index >= 15 is 0 Å². The Morgan fingerprint density at radius 3 is 3.00 bits per heavy atom. The summed E-state index contributed by atoms with van der Waals surface area (Å²) in [5.41, 5.74) is 1.92. The topological polar surface area (TPSA) is 86.7 Å². The second kappa shape index (κ2) is 5.40. The standard InChI is InChI=1S/C11H15N5O/c1-8-6-10(15-11(7-17)14-8)12-4-2-9-3-5-13-16-9/h3,5-6,17H,2,4,7H2,1H3,(H,13,16)(H,12,14,15). The predicted molar refractivity (Wildman–Crippen MR) is 63.5 cm³/mol. The average Bonchev–Trinajstić information content (AvgIpc) is 2.81. The number of H-pyrrole nitrogens is 1. The van der Waals surface area contributed by atoms with Crippen LogP contribution in [-0.4, -0.2) is 31.8 Å². The Morgan fingerprint density at radius 2 is 2.29 bits per heavy atom. The van der Waals surface area contributed by atoms with Gasteiger partial charge >= 0.3 is 0 Å². The molecule has 6 heteroatoms. The predicted octanol–water partition coefficient (Wildman–Crippen LogP) is 0.655. The molecule has 0 fully saturated rings. The molecule has 2 rings (SSSR count). The van der Waals surface area contributed by atoms with Gasteiger partial charge in [0, 0.05) is 36.6 Å². The van der Waals surface area contributed by atoms with Gasteiger partial charge in [0.1, 0.15) is 12.4 Å². The Labute approximate surface area is 99.1 Å². The fraction of sp³-hybridized carbons (Fsp3) is 0.364. The number of nitrogens with one attached hydrogen (secondary N) is 2. The second-order valence-corrected chi connectivity index (χ2v) is 3.73. The molecule has 17 heavy (non-hydrogen) atoms. The fourth-order valence-corrected chi connectivity index (χ4v) is 1.54. The number of aromatic nitrogens is 4. The maximum atomic E-state index is 9.00. The molecule has 0 amide bonds. The lowest BCUT2D eigenvalue weighted by molar-refractivity contribution is 0.271. The van der Waals surface area contributed by atoms with Crippen LogP contribution in [0.15, 0.2) is 18.3 Å². The molecular weight excluding hydrogens is 218 g/mol. The molecule has 2 heterocycles. The zero-order valence-electron chi connectivity index (χ0n) is 9.64. The summed E-state index contributed by atoms with van der Waals surface area (Å²) >= 11 is 0. The molecule has 0 unspecified atom stereocenters. The minimum atomic E-state index is -0.142. The Morgan fingerprint density at radius 1 is 1.41 bits per heavy atom. The van der Waals surface area contributed by atoms with E-state index in [1.54, 1.807) is 6.20 Å².